The molecule has 0 aliphatic rings. The average molecular weight is 791 g/mol. The van der Waals surface area contributed by atoms with Gasteiger partial charge >= 0.3 is 17.9 Å². The smallest absolute Gasteiger partial charge is 0.306 e. The Balaban J connectivity index is 4.21. The Morgan fingerprint density at radius 3 is 0.893 bits per heavy atom. The van der Waals surface area contributed by atoms with Crippen LogP contribution >= 0.6 is 0 Å². The molecule has 1 atom stereocenters. The molecule has 0 saturated heterocycles. The van der Waals surface area contributed by atoms with Gasteiger partial charge in [-0.15, -0.1) is 0 Å². The van der Waals surface area contributed by atoms with Gasteiger partial charge in [0.2, 0.25) is 0 Å². The fraction of sp³-hybridized carbons (Fsp3) is 0.900. The molecule has 0 aromatic heterocycles. The molecule has 0 aliphatic carbocycles. The van der Waals surface area contributed by atoms with Crippen molar-refractivity contribution < 1.29 is 28.6 Å². The Morgan fingerprint density at radius 1 is 0.339 bits per heavy atom. The van der Waals surface area contributed by atoms with E-state index in [0.717, 1.165) is 57.8 Å². The zero-order valence-electron chi connectivity index (χ0n) is 37.7. The lowest BCUT2D eigenvalue weighted by Crippen LogP contribution is -2.30. The summed E-state index contributed by atoms with van der Waals surface area (Å²) in [4.78, 5) is 37.7. The SMILES string of the molecule is CCCCCCCC/C=C\CCCCCCCCCCCC(=O)OCC(COC(=O)CCCCCCCCCC)OC(=O)CCCCCCCCCCCCC. The molecule has 6 nitrogen and oxygen atoms in total. The Bertz CT molecular complexity index is 870. The van der Waals surface area contributed by atoms with Crippen molar-refractivity contribution in [1.82, 2.24) is 0 Å². The van der Waals surface area contributed by atoms with E-state index < -0.39 is 6.10 Å². The van der Waals surface area contributed by atoms with E-state index in [1.807, 2.05) is 0 Å². The van der Waals surface area contributed by atoms with Gasteiger partial charge in [-0.1, -0.05) is 219 Å². The molecule has 0 amide bonds. The molecule has 330 valence electrons. The standard InChI is InChI=1S/C50H94O6/c1-4-7-10-13-16-19-21-22-23-24-25-26-27-28-30-31-34-37-40-43-49(52)55-46-47(45-54-48(51)42-39-36-33-18-15-12-9-6-3)56-50(53)44-41-38-35-32-29-20-17-14-11-8-5-2/h22-23,47H,4-21,24-46H2,1-3H3/b23-22-. The van der Waals surface area contributed by atoms with E-state index in [1.54, 1.807) is 0 Å². The van der Waals surface area contributed by atoms with Crippen LogP contribution in [0.3, 0.4) is 0 Å². The van der Waals surface area contributed by atoms with Crippen LogP contribution < -0.4 is 0 Å². The van der Waals surface area contributed by atoms with Crippen LogP contribution in [-0.2, 0) is 28.6 Å². The number of esters is 3. The second-order valence-corrected chi connectivity index (χ2v) is 16.7. The van der Waals surface area contributed by atoms with Crippen LogP contribution in [-0.4, -0.2) is 37.2 Å². The normalized spacial score (nSPS) is 12.0. The molecule has 0 bridgehead atoms. The van der Waals surface area contributed by atoms with Crippen LogP contribution in [0.5, 0.6) is 0 Å². The minimum Gasteiger partial charge on any atom is -0.462 e. The van der Waals surface area contributed by atoms with Crippen molar-refractivity contribution in [1.29, 1.82) is 0 Å². The number of unbranched alkanes of at least 4 members (excludes halogenated alkanes) is 32. The van der Waals surface area contributed by atoms with Gasteiger partial charge in [-0.3, -0.25) is 14.4 Å². The number of carbonyl (C=O) groups is 3. The summed E-state index contributed by atoms with van der Waals surface area (Å²) in [5.41, 5.74) is 0. The first-order valence-electron chi connectivity index (χ1n) is 24.7. The highest BCUT2D eigenvalue weighted by molar-refractivity contribution is 5.71. The van der Waals surface area contributed by atoms with Crippen LogP contribution in [0.1, 0.15) is 271 Å². The lowest BCUT2D eigenvalue weighted by Gasteiger charge is -2.18. The van der Waals surface area contributed by atoms with Gasteiger partial charge in [0.1, 0.15) is 13.2 Å². The van der Waals surface area contributed by atoms with Gasteiger partial charge in [-0.25, -0.2) is 0 Å². The average Bonchev–Trinajstić information content (AvgIpc) is 3.19. The topological polar surface area (TPSA) is 78.9 Å². The van der Waals surface area contributed by atoms with Crippen molar-refractivity contribution in [3.8, 4) is 0 Å². The van der Waals surface area contributed by atoms with Gasteiger partial charge in [0.05, 0.1) is 0 Å². The number of hydrogen-bond donors (Lipinski definition) is 0. The van der Waals surface area contributed by atoms with Crippen LogP contribution in [0, 0.1) is 0 Å². The first-order chi connectivity index (χ1) is 27.5. The van der Waals surface area contributed by atoms with E-state index in [0.29, 0.717) is 19.3 Å². The Kier molecular flexibility index (Phi) is 44.3. The molecule has 0 spiro atoms. The molecule has 1 unspecified atom stereocenters. The van der Waals surface area contributed by atoms with Crippen molar-refractivity contribution >= 4 is 17.9 Å². The van der Waals surface area contributed by atoms with Gasteiger partial charge in [0.25, 0.3) is 0 Å². The minimum absolute atomic E-state index is 0.0664. The van der Waals surface area contributed by atoms with Gasteiger partial charge in [-0.2, -0.15) is 0 Å². The summed E-state index contributed by atoms with van der Waals surface area (Å²) in [6, 6.07) is 0. The van der Waals surface area contributed by atoms with Gasteiger partial charge in [0, 0.05) is 19.3 Å². The third kappa shape index (κ3) is 43.3. The molecule has 0 rings (SSSR count). The fourth-order valence-electron chi connectivity index (χ4n) is 7.26. The van der Waals surface area contributed by atoms with Crippen LogP contribution in [0.25, 0.3) is 0 Å². The largest absolute Gasteiger partial charge is 0.462 e. The Hall–Kier alpha value is -1.85. The van der Waals surface area contributed by atoms with Gasteiger partial charge < -0.3 is 14.2 Å². The highest BCUT2D eigenvalue weighted by Gasteiger charge is 2.19. The molecule has 0 N–H and O–H groups in total. The summed E-state index contributed by atoms with van der Waals surface area (Å²) in [5.74, 6) is -0.862. The van der Waals surface area contributed by atoms with E-state index in [-0.39, 0.29) is 31.1 Å². The van der Waals surface area contributed by atoms with E-state index in [4.69, 9.17) is 14.2 Å². The highest BCUT2D eigenvalue weighted by Crippen LogP contribution is 2.15. The number of allylic oxidation sites excluding steroid dienone is 2. The second-order valence-electron chi connectivity index (χ2n) is 16.7. The van der Waals surface area contributed by atoms with Crippen molar-refractivity contribution in [3.63, 3.8) is 0 Å². The zero-order valence-corrected chi connectivity index (χ0v) is 37.7. The Morgan fingerprint density at radius 2 is 0.589 bits per heavy atom. The van der Waals surface area contributed by atoms with Crippen LogP contribution in [0.4, 0.5) is 0 Å². The summed E-state index contributed by atoms with van der Waals surface area (Å²) in [6.45, 7) is 6.62. The van der Waals surface area contributed by atoms with E-state index in [9.17, 15) is 14.4 Å². The summed E-state index contributed by atoms with van der Waals surface area (Å²) in [6.07, 6.45) is 49.2. The lowest BCUT2D eigenvalue weighted by molar-refractivity contribution is -0.167. The molecule has 0 aliphatic heterocycles. The quantitative estimate of drug-likeness (QED) is 0.0264. The van der Waals surface area contributed by atoms with Crippen LogP contribution in [0.15, 0.2) is 12.2 Å². The third-order valence-corrected chi connectivity index (χ3v) is 11.0. The van der Waals surface area contributed by atoms with E-state index in [2.05, 4.69) is 32.9 Å². The minimum atomic E-state index is -0.761. The third-order valence-electron chi connectivity index (χ3n) is 11.0. The fourth-order valence-corrected chi connectivity index (χ4v) is 7.26. The summed E-state index contributed by atoms with van der Waals surface area (Å²) >= 11 is 0. The molecule has 6 heteroatoms. The molecular weight excluding hydrogens is 697 g/mol. The monoisotopic (exact) mass is 791 g/mol. The lowest BCUT2D eigenvalue weighted by atomic mass is 10.1. The van der Waals surface area contributed by atoms with E-state index in [1.165, 1.54) is 173 Å². The first kappa shape index (κ1) is 54.2. The molecule has 0 aromatic carbocycles. The molecule has 0 aromatic rings. The molecule has 56 heavy (non-hydrogen) atoms. The molecular formula is C50H94O6. The first-order valence-corrected chi connectivity index (χ1v) is 24.7. The molecule has 0 fully saturated rings. The summed E-state index contributed by atoms with van der Waals surface area (Å²) in [5, 5.41) is 0. The zero-order chi connectivity index (χ0) is 40.8. The Labute approximate surface area is 348 Å². The van der Waals surface area contributed by atoms with E-state index >= 15 is 0 Å². The molecule has 0 heterocycles. The number of ether oxygens (including phenoxy) is 3. The second kappa shape index (κ2) is 45.8. The van der Waals surface area contributed by atoms with Crippen molar-refractivity contribution in [2.24, 2.45) is 0 Å². The number of rotatable bonds is 45. The molecule has 0 saturated carbocycles. The summed E-state index contributed by atoms with van der Waals surface area (Å²) in [7, 11) is 0. The number of hydrogen-bond acceptors (Lipinski definition) is 6. The summed E-state index contributed by atoms with van der Waals surface area (Å²) < 4.78 is 16.7. The van der Waals surface area contributed by atoms with Gasteiger partial charge in [0.15, 0.2) is 6.10 Å². The number of carbonyl (C=O) groups excluding carboxylic acids is 3. The highest BCUT2D eigenvalue weighted by atomic mass is 16.6. The maximum Gasteiger partial charge on any atom is 0.306 e. The maximum atomic E-state index is 12.7. The van der Waals surface area contributed by atoms with Gasteiger partial charge in [-0.05, 0) is 44.9 Å². The maximum absolute atomic E-state index is 12.7. The predicted octanol–water partition coefficient (Wildman–Crippen LogP) is 15.8. The molecule has 0 radical (unpaired) electrons. The van der Waals surface area contributed by atoms with Crippen LogP contribution in [0.2, 0.25) is 0 Å². The predicted molar refractivity (Wildman–Crippen MR) is 238 cm³/mol. The van der Waals surface area contributed by atoms with Crippen molar-refractivity contribution in [3.05, 3.63) is 12.2 Å². The van der Waals surface area contributed by atoms with Crippen molar-refractivity contribution in [2.45, 2.75) is 277 Å². The van der Waals surface area contributed by atoms with Crippen molar-refractivity contribution in [2.75, 3.05) is 13.2 Å².